The molecule has 1 saturated heterocycles. The topological polar surface area (TPSA) is 119 Å². The summed E-state index contributed by atoms with van der Waals surface area (Å²) in [4.78, 5) is 28.1. The Morgan fingerprint density at radius 1 is 1.32 bits per heavy atom. The van der Waals surface area contributed by atoms with Crippen LogP contribution in [-0.2, 0) is 9.59 Å². The van der Waals surface area contributed by atoms with Crippen LogP contribution in [0.3, 0.4) is 0 Å². The van der Waals surface area contributed by atoms with E-state index in [1.807, 2.05) is 30.3 Å². The average molecular weight is 408 g/mol. The number of hydrogen-bond donors (Lipinski definition) is 2. The van der Waals surface area contributed by atoms with Crippen LogP contribution in [0.15, 0.2) is 30.3 Å². The molecule has 2 atom stereocenters. The number of benzene rings is 1. The second-order valence-electron chi connectivity index (χ2n) is 6.68. The van der Waals surface area contributed by atoms with Gasteiger partial charge in [-0.1, -0.05) is 30.3 Å². The molecule has 2 aromatic rings. The number of carbonyl (C=O) groups is 2. The SMILES string of the molecule is CC(C(=O)N1CCCC(C(=O)NCCN)C1)n1nnc(-c2ccccc2)n1.Cl. The van der Waals surface area contributed by atoms with Crippen LogP contribution in [0, 0.1) is 5.92 Å². The molecule has 1 aliphatic heterocycles. The van der Waals surface area contributed by atoms with Gasteiger partial charge in [-0.3, -0.25) is 9.59 Å². The van der Waals surface area contributed by atoms with Gasteiger partial charge in [0.1, 0.15) is 6.04 Å². The van der Waals surface area contributed by atoms with Crippen molar-refractivity contribution in [2.75, 3.05) is 26.2 Å². The minimum Gasteiger partial charge on any atom is -0.355 e. The molecule has 0 bridgehead atoms. The van der Waals surface area contributed by atoms with Crippen molar-refractivity contribution in [2.45, 2.75) is 25.8 Å². The summed E-state index contributed by atoms with van der Waals surface area (Å²) in [6.45, 7) is 3.63. The summed E-state index contributed by atoms with van der Waals surface area (Å²) in [5.74, 6) is 0.122. The van der Waals surface area contributed by atoms with Gasteiger partial charge in [0, 0.05) is 31.7 Å². The molecular formula is C18H26ClN7O2. The minimum atomic E-state index is -0.583. The Balaban J connectivity index is 0.00000280. The summed E-state index contributed by atoms with van der Waals surface area (Å²) in [7, 11) is 0. The fourth-order valence-corrected chi connectivity index (χ4v) is 3.19. The second-order valence-corrected chi connectivity index (χ2v) is 6.68. The maximum absolute atomic E-state index is 12.9. The van der Waals surface area contributed by atoms with Crippen LogP contribution in [0.1, 0.15) is 25.8 Å². The Morgan fingerprint density at radius 2 is 2.07 bits per heavy atom. The second kappa shape index (κ2) is 10.1. The summed E-state index contributed by atoms with van der Waals surface area (Å²) in [6.07, 6.45) is 1.56. The van der Waals surface area contributed by atoms with E-state index >= 15 is 0 Å². The number of tetrazole rings is 1. The highest BCUT2D eigenvalue weighted by atomic mass is 35.5. The van der Waals surface area contributed by atoms with E-state index in [1.54, 1.807) is 11.8 Å². The summed E-state index contributed by atoms with van der Waals surface area (Å²) < 4.78 is 0. The van der Waals surface area contributed by atoms with Crippen molar-refractivity contribution in [3.8, 4) is 11.4 Å². The largest absolute Gasteiger partial charge is 0.355 e. The molecule has 2 unspecified atom stereocenters. The molecule has 2 heterocycles. The highest BCUT2D eigenvalue weighted by molar-refractivity contribution is 5.85. The quantitative estimate of drug-likeness (QED) is 0.725. The lowest BCUT2D eigenvalue weighted by molar-refractivity contribution is -0.138. The molecule has 2 amide bonds. The van der Waals surface area contributed by atoms with Crippen LogP contribution < -0.4 is 11.1 Å². The van der Waals surface area contributed by atoms with Crippen molar-refractivity contribution in [3.05, 3.63) is 30.3 Å². The number of halogens is 1. The van der Waals surface area contributed by atoms with Crippen molar-refractivity contribution in [1.29, 1.82) is 0 Å². The van der Waals surface area contributed by atoms with E-state index < -0.39 is 6.04 Å². The molecule has 1 fully saturated rings. The van der Waals surface area contributed by atoms with Gasteiger partial charge >= 0.3 is 0 Å². The summed E-state index contributed by atoms with van der Waals surface area (Å²) in [5.41, 5.74) is 6.27. The van der Waals surface area contributed by atoms with Gasteiger partial charge in [-0.2, -0.15) is 4.80 Å². The number of nitrogens with two attached hydrogens (primary N) is 1. The molecule has 0 spiro atoms. The molecule has 152 valence electrons. The Kier molecular flexibility index (Phi) is 7.89. The number of carbonyl (C=O) groups excluding carboxylic acids is 2. The van der Waals surface area contributed by atoms with Gasteiger partial charge in [0.15, 0.2) is 0 Å². The molecule has 28 heavy (non-hydrogen) atoms. The first-order valence-electron chi connectivity index (χ1n) is 9.21. The van der Waals surface area contributed by atoms with E-state index in [2.05, 4.69) is 20.7 Å². The first-order chi connectivity index (χ1) is 13.1. The Labute approximate surface area is 170 Å². The highest BCUT2D eigenvalue weighted by Crippen LogP contribution is 2.20. The lowest BCUT2D eigenvalue weighted by Gasteiger charge is -2.33. The Morgan fingerprint density at radius 3 is 2.79 bits per heavy atom. The van der Waals surface area contributed by atoms with Crippen LogP contribution in [0.25, 0.3) is 11.4 Å². The predicted octanol–water partition coefficient (Wildman–Crippen LogP) is 0.636. The van der Waals surface area contributed by atoms with Gasteiger partial charge in [-0.05, 0) is 25.0 Å². The van der Waals surface area contributed by atoms with E-state index in [1.165, 1.54) is 4.80 Å². The van der Waals surface area contributed by atoms with Crippen LogP contribution in [0.5, 0.6) is 0 Å². The van der Waals surface area contributed by atoms with Crippen molar-refractivity contribution in [3.63, 3.8) is 0 Å². The molecular weight excluding hydrogens is 382 g/mol. The number of rotatable bonds is 6. The summed E-state index contributed by atoms with van der Waals surface area (Å²) >= 11 is 0. The van der Waals surface area contributed by atoms with Gasteiger partial charge in [0.05, 0.1) is 5.92 Å². The van der Waals surface area contributed by atoms with Gasteiger partial charge in [-0.25, -0.2) is 0 Å². The maximum Gasteiger partial charge on any atom is 0.249 e. The molecule has 0 aliphatic carbocycles. The number of aromatic nitrogens is 4. The maximum atomic E-state index is 12.9. The van der Waals surface area contributed by atoms with Crippen LogP contribution in [-0.4, -0.2) is 63.1 Å². The van der Waals surface area contributed by atoms with Gasteiger partial charge in [-0.15, -0.1) is 22.6 Å². The molecule has 10 heteroatoms. The fraction of sp³-hybridized carbons (Fsp3) is 0.500. The molecule has 0 radical (unpaired) electrons. The van der Waals surface area contributed by atoms with Crippen molar-refractivity contribution in [1.82, 2.24) is 30.4 Å². The zero-order valence-electron chi connectivity index (χ0n) is 15.8. The third-order valence-corrected chi connectivity index (χ3v) is 4.71. The fourth-order valence-electron chi connectivity index (χ4n) is 3.19. The zero-order valence-corrected chi connectivity index (χ0v) is 16.6. The smallest absolute Gasteiger partial charge is 0.249 e. The first-order valence-corrected chi connectivity index (χ1v) is 9.21. The van der Waals surface area contributed by atoms with Crippen molar-refractivity contribution in [2.24, 2.45) is 11.7 Å². The third-order valence-electron chi connectivity index (χ3n) is 4.71. The van der Waals surface area contributed by atoms with Crippen LogP contribution in [0.4, 0.5) is 0 Å². The normalized spacial score (nSPS) is 17.5. The van der Waals surface area contributed by atoms with Gasteiger partial charge < -0.3 is 16.0 Å². The Bertz CT molecular complexity index is 783. The van der Waals surface area contributed by atoms with E-state index in [-0.39, 0.29) is 30.1 Å². The molecule has 1 aliphatic rings. The van der Waals surface area contributed by atoms with Gasteiger partial charge in [0.2, 0.25) is 17.6 Å². The predicted molar refractivity (Wildman–Crippen MR) is 107 cm³/mol. The number of likely N-dealkylation sites (tertiary alicyclic amines) is 1. The average Bonchev–Trinajstić information content (AvgIpc) is 3.22. The zero-order chi connectivity index (χ0) is 19.2. The number of nitrogens with one attached hydrogen (secondary N) is 1. The van der Waals surface area contributed by atoms with Crippen LogP contribution >= 0.6 is 12.4 Å². The number of nitrogens with zero attached hydrogens (tertiary/aromatic N) is 5. The van der Waals surface area contributed by atoms with Crippen LogP contribution in [0.2, 0.25) is 0 Å². The Hall–Kier alpha value is -2.52. The van der Waals surface area contributed by atoms with E-state index in [0.717, 1.165) is 18.4 Å². The molecule has 1 aromatic heterocycles. The third kappa shape index (κ3) is 5.05. The van der Waals surface area contributed by atoms with E-state index in [4.69, 9.17) is 5.73 Å². The molecule has 0 saturated carbocycles. The number of amides is 2. The minimum absolute atomic E-state index is 0. The number of piperidine rings is 1. The molecule has 3 N–H and O–H groups in total. The monoisotopic (exact) mass is 407 g/mol. The lowest BCUT2D eigenvalue weighted by atomic mass is 9.96. The van der Waals surface area contributed by atoms with Crippen molar-refractivity contribution < 1.29 is 9.59 Å². The number of hydrogen-bond acceptors (Lipinski definition) is 6. The standard InChI is InChI=1S/C18H25N7O2.ClH/c1-13(25-22-16(21-23-25)14-6-3-2-4-7-14)18(27)24-11-5-8-15(12-24)17(26)20-10-9-19;/h2-4,6-7,13,15H,5,8-12,19H2,1H3,(H,20,26);1H. The van der Waals surface area contributed by atoms with Gasteiger partial charge in [0.25, 0.3) is 0 Å². The summed E-state index contributed by atoms with van der Waals surface area (Å²) in [5, 5.41) is 15.2. The molecule has 9 nitrogen and oxygen atoms in total. The highest BCUT2D eigenvalue weighted by Gasteiger charge is 2.31. The summed E-state index contributed by atoms with van der Waals surface area (Å²) in [6, 6.07) is 8.91. The molecule has 3 rings (SSSR count). The first kappa shape index (κ1) is 21.8. The van der Waals surface area contributed by atoms with E-state index in [0.29, 0.717) is 32.0 Å². The van der Waals surface area contributed by atoms with E-state index in [9.17, 15) is 9.59 Å². The lowest BCUT2D eigenvalue weighted by Crippen LogP contribution is -2.48. The van der Waals surface area contributed by atoms with Crippen molar-refractivity contribution >= 4 is 24.2 Å². The molecule has 1 aromatic carbocycles.